The Hall–Kier alpha value is -0.820. The second-order valence-electron chi connectivity index (χ2n) is 7.21. The predicted octanol–water partition coefficient (Wildman–Crippen LogP) is 3.10. The monoisotopic (exact) mass is 442 g/mol. The number of likely N-dealkylation sites (tertiary alicyclic amines) is 1. The van der Waals surface area contributed by atoms with E-state index >= 15 is 0 Å². The molecule has 24 heavy (non-hydrogen) atoms. The van der Waals surface area contributed by atoms with Gasteiger partial charge in [0.1, 0.15) is 0 Å². The highest BCUT2D eigenvalue weighted by atomic mass is 127. The van der Waals surface area contributed by atoms with Gasteiger partial charge in [0.05, 0.1) is 6.54 Å². The summed E-state index contributed by atoms with van der Waals surface area (Å²) < 4.78 is 0. The molecule has 1 aromatic rings. The van der Waals surface area contributed by atoms with Gasteiger partial charge < -0.3 is 10.6 Å². The van der Waals surface area contributed by atoms with Gasteiger partial charge in [-0.05, 0) is 43.2 Å². The van der Waals surface area contributed by atoms with E-state index in [0.29, 0.717) is 6.04 Å². The SMILES string of the molecule is CC1CCN(C(N)=NCC(C)N2CCc3ccccc3C2)CC1.I. The van der Waals surface area contributed by atoms with Gasteiger partial charge in [0, 0.05) is 32.2 Å². The van der Waals surface area contributed by atoms with Crippen LogP contribution in [0.1, 0.15) is 37.8 Å². The third-order valence-electron chi connectivity index (χ3n) is 5.41. The molecular weight excluding hydrogens is 411 g/mol. The zero-order chi connectivity index (χ0) is 16.2. The Labute approximate surface area is 163 Å². The van der Waals surface area contributed by atoms with E-state index in [9.17, 15) is 0 Å². The smallest absolute Gasteiger partial charge is 0.191 e. The van der Waals surface area contributed by atoms with Gasteiger partial charge in [-0.25, -0.2) is 0 Å². The quantitative estimate of drug-likeness (QED) is 0.445. The summed E-state index contributed by atoms with van der Waals surface area (Å²) in [6, 6.07) is 9.22. The number of rotatable bonds is 3. The van der Waals surface area contributed by atoms with Gasteiger partial charge in [-0.3, -0.25) is 9.89 Å². The number of guanidine groups is 1. The number of piperidine rings is 1. The Kier molecular flexibility index (Phi) is 7.34. The Morgan fingerprint density at radius 2 is 1.88 bits per heavy atom. The lowest BCUT2D eigenvalue weighted by atomic mass is 9.99. The van der Waals surface area contributed by atoms with E-state index in [0.717, 1.165) is 51.0 Å². The first-order chi connectivity index (χ1) is 11.1. The third-order valence-corrected chi connectivity index (χ3v) is 5.41. The van der Waals surface area contributed by atoms with Gasteiger partial charge in [0.25, 0.3) is 0 Å². The van der Waals surface area contributed by atoms with Crippen LogP contribution in [0, 0.1) is 5.92 Å². The maximum atomic E-state index is 6.21. The van der Waals surface area contributed by atoms with Gasteiger partial charge in [-0.2, -0.15) is 0 Å². The van der Waals surface area contributed by atoms with Crippen molar-refractivity contribution in [1.29, 1.82) is 0 Å². The van der Waals surface area contributed by atoms with Crippen LogP contribution >= 0.6 is 24.0 Å². The molecule has 3 rings (SSSR count). The molecule has 0 radical (unpaired) electrons. The first kappa shape index (κ1) is 19.5. The summed E-state index contributed by atoms with van der Waals surface area (Å²) in [6.45, 7) is 9.65. The predicted molar refractivity (Wildman–Crippen MR) is 112 cm³/mol. The van der Waals surface area contributed by atoms with Crippen LogP contribution in [-0.2, 0) is 13.0 Å². The molecule has 134 valence electrons. The Morgan fingerprint density at radius 3 is 2.58 bits per heavy atom. The second kappa shape index (κ2) is 9.04. The number of benzene rings is 1. The van der Waals surface area contributed by atoms with Crippen LogP contribution in [0.2, 0.25) is 0 Å². The molecule has 0 amide bonds. The van der Waals surface area contributed by atoms with E-state index in [1.165, 1.54) is 24.0 Å². The molecule has 0 bridgehead atoms. The fourth-order valence-corrected chi connectivity index (χ4v) is 3.57. The molecule has 2 aliphatic rings. The van der Waals surface area contributed by atoms with Gasteiger partial charge in [-0.1, -0.05) is 31.2 Å². The molecule has 2 heterocycles. The van der Waals surface area contributed by atoms with Crippen molar-refractivity contribution in [2.24, 2.45) is 16.6 Å². The molecule has 1 saturated heterocycles. The molecule has 1 atom stereocenters. The summed E-state index contributed by atoms with van der Waals surface area (Å²) in [5.74, 6) is 1.56. The van der Waals surface area contributed by atoms with Crippen LogP contribution in [0.3, 0.4) is 0 Å². The minimum Gasteiger partial charge on any atom is -0.370 e. The van der Waals surface area contributed by atoms with Gasteiger partial charge in [0.2, 0.25) is 0 Å². The minimum atomic E-state index is 0. The number of nitrogens with zero attached hydrogens (tertiary/aromatic N) is 3. The van der Waals surface area contributed by atoms with Crippen molar-refractivity contribution in [3.05, 3.63) is 35.4 Å². The van der Waals surface area contributed by atoms with E-state index in [4.69, 9.17) is 5.73 Å². The van der Waals surface area contributed by atoms with Gasteiger partial charge in [0.15, 0.2) is 5.96 Å². The maximum Gasteiger partial charge on any atom is 0.191 e. The van der Waals surface area contributed by atoms with E-state index < -0.39 is 0 Å². The molecule has 0 aliphatic carbocycles. The average Bonchev–Trinajstić information content (AvgIpc) is 2.59. The highest BCUT2D eigenvalue weighted by Gasteiger charge is 2.21. The summed E-state index contributed by atoms with van der Waals surface area (Å²) in [5, 5.41) is 0. The fourth-order valence-electron chi connectivity index (χ4n) is 3.57. The first-order valence-electron chi connectivity index (χ1n) is 8.99. The second-order valence-corrected chi connectivity index (χ2v) is 7.21. The van der Waals surface area contributed by atoms with Crippen LogP contribution in [0.4, 0.5) is 0 Å². The van der Waals surface area contributed by atoms with Crippen molar-refractivity contribution < 1.29 is 0 Å². The standard InChI is InChI=1S/C19H30N4.HI/c1-15-7-10-22(11-8-15)19(20)21-13-16(2)23-12-9-17-5-3-4-6-18(17)14-23;/h3-6,15-16H,7-14H2,1-2H3,(H2,20,21);1H. The van der Waals surface area contributed by atoms with Gasteiger partial charge >= 0.3 is 0 Å². The highest BCUT2D eigenvalue weighted by molar-refractivity contribution is 14.0. The summed E-state index contributed by atoms with van der Waals surface area (Å²) in [4.78, 5) is 9.46. The molecule has 0 aromatic heterocycles. The molecule has 4 nitrogen and oxygen atoms in total. The Balaban J connectivity index is 0.00000208. The summed E-state index contributed by atoms with van der Waals surface area (Å²) >= 11 is 0. The van der Waals surface area contributed by atoms with Crippen molar-refractivity contribution in [2.45, 2.75) is 45.7 Å². The number of fused-ring (bicyclic) bond motifs is 1. The highest BCUT2D eigenvalue weighted by Crippen LogP contribution is 2.20. The molecule has 1 fully saturated rings. The van der Waals surface area contributed by atoms with E-state index in [1.54, 1.807) is 0 Å². The summed E-state index contributed by atoms with van der Waals surface area (Å²) in [5.41, 5.74) is 9.17. The number of hydrogen-bond acceptors (Lipinski definition) is 2. The number of nitrogens with two attached hydrogens (primary N) is 1. The van der Waals surface area contributed by atoms with Crippen molar-refractivity contribution in [3.63, 3.8) is 0 Å². The normalized spacial score (nSPS) is 21.1. The van der Waals surface area contributed by atoms with E-state index in [-0.39, 0.29) is 24.0 Å². The van der Waals surface area contributed by atoms with E-state index in [2.05, 4.69) is 52.9 Å². The van der Waals surface area contributed by atoms with E-state index in [1.807, 2.05) is 0 Å². The summed E-state index contributed by atoms with van der Waals surface area (Å²) in [7, 11) is 0. The number of halogens is 1. The molecule has 5 heteroatoms. The largest absolute Gasteiger partial charge is 0.370 e. The minimum absolute atomic E-state index is 0. The molecule has 0 saturated carbocycles. The Bertz CT molecular complexity index is 552. The molecule has 0 spiro atoms. The van der Waals surface area contributed by atoms with Crippen molar-refractivity contribution in [3.8, 4) is 0 Å². The van der Waals surface area contributed by atoms with Gasteiger partial charge in [-0.15, -0.1) is 24.0 Å². The van der Waals surface area contributed by atoms with Crippen LogP contribution in [0.15, 0.2) is 29.3 Å². The summed E-state index contributed by atoms with van der Waals surface area (Å²) in [6.07, 6.45) is 3.60. The van der Waals surface area contributed by atoms with Crippen molar-refractivity contribution in [2.75, 3.05) is 26.2 Å². The van der Waals surface area contributed by atoms with Crippen molar-refractivity contribution >= 4 is 29.9 Å². The lowest BCUT2D eigenvalue weighted by molar-refractivity contribution is 0.195. The van der Waals surface area contributed by atoms with Crippen LogP contribution in [0.5, 0.6) is 0 Å². The lowest BCUT2D eigenvalue weighted by Crippen LogP contribution is -2.44. The van der Waals surface area contributed by atoms with Crippen LogP contribution in [0.25, 0.3) is 0 Å². The molecular formula is C19H31IN4. The fraction of sp³-hybridized carbons (Fsp3) is 0.632. The number of aliphatic imine (C=N–C) groups is 1. The third kappa shape index (κ3) is 4.85. The van der Waals surface area contributed by atoms with Crippen molar-refractivity contribution in [1.82, 2.24) is 9.80 Å². The zero-order valence-corrected chi connectivity index (χ0v) is 17.3. The zero-order valence-electron chi connectivity index (χ0n) is 14.9. The molecule has 1 aromatic carbocycles. The molecule has 2 N–H and O–H groups in total. The maximum absolute atomic E-state index is 6.21. The average molecular weight is 442 g/mol. The van der Waals surface area contributed by atoms with Crippen LogP contribution < -0.4 is 5.73 Å². The lowest BCUT2D eigenvalue weighted by Gasteiger charge is -2.34. The molecule has 2 aliphatic heterocycles. The van der Waals surface area contributed by atoms with Crippen LogP contribution in [-0.4, -0.2) is 48.0 Å². The first-order valence-corrected chi connectivity index (χ1v) is 8.99. The molecule has 1 unspecified atom stereocenters. The Morgan fingerprint density at radius 1 is 1.21 bits per heavy atom. The number of hydrogen-bond donors (Lipinski definition) is 1. The topological polar surface area (TPSA) is 44.9 Å².